The van der Waals surface area contributed by atoms with E-state index in [9.17, 15) is 0 Å². The maximum atomic E-state index is 5.28. The number of hydrogen-bond acceptors (Lipinski definition) is 2. The molecule has 1 aromatic carbocycles. The van der Waals surface area contributed by atoms with Gasteiger partial charge in [0, 0.05) is 23.1 Å². The van der Waals surface area contributed by atoms with E-state index in [1.54, 1.807) is 0 Å². The lowest BCUT2D eigenvalue weighted by Crippen LogP contribution is -2.41. The first-order chi connectivity index (χ1) is 15.3. The van der Waals surface area contributed by atoms with Gasteiger partial charge in [-0.15, -0.1) is 0 Å². The summed E-state index contributed by atoms with van der Waals surface area (Å²) in [7, 11) is 0. The molecule has 0 spiro atoms. The van der Waals surface area contributed by atoms with E-state index in [0.29, 0.717) is 5.70 Å². The second kappa shape index (κ2) is 16.6. The van der Waals surface area contributed by atoms with Crippen LogP contribution in [0, 0.1) is 5.41 Å². The van der Waals surface area contributed by atoms with Crippen molar-refractivity contribution in [1.82, 2.24) is 5.32 Å². The molecular formula is C30H50N2. The lowest BCUT2D eigenvalue weighted by Gasteiger charge is -2.47. The summed E-state index contributed by atoms with van der Waals surface area (Å²) in [5.41, 5.74) is 9.05. The van der Waals surface area contributed by atoms with E-state index < -0.39 is 0 Å². The number of unbranched alkanes of at least 4 members (excludes halogenated alkanes) is 2. The van der Waals surface area contributed by atoms with Gasteiger partial charge in [0.05, 0.1) is 0 Å². The fourth-order valence-corrected chi connectivity index (χ4v) is 4.03. The Kier molecular flexibility index (Phi) is 15.5. The third-order valence-corrected chi connectivity index (χ3v) is 6.32. The van der Waals surface area contributed by atoms with Gasteiger partial charge in [0.2, 0.25) is 0 Å². The van der Waals surface area contributed by atoms with Gasteiger partial charge in [0.1, 0.15) is 0 Å². The minimum absolute atomic E-state index is 0.0310. The van der Waals surface area contributed by atoms with Gasteiger partial charge in [-0.2, -0.15) is 0 Å². The predicted molar refractivity (Wildman–Crippen MR) is 146 cm³/mol. The van der Waals surface area contributed by atoms with Crippen molar-refractivity contribution >= 4 is 0 Å². The van der Waals surface area contributed by atoms with Crippen molar-refractivity contribution in [3.05, 3.63) is 84.1 Å². The van der Waals surface area contributed by atoms with Gasteiger partial charge in [-0.05, 0) is 38.3 Å². The van der Waals surface area contributed by atoms with Crippen molar-refractivity contribution in [2.75, 3.05) is 13.1 Å². The summed E-state index contributed by atoms with van der Waals surface area (Å²) in [6.07, 6.45) is 17.5. The summed E-state index contributed by atoms with van der Waals surface area (Å²) in [6, 6.07) is 11.0. The zero-order chi connectivity index (χ0) is 24.5. The van der Waals surface area contributed by atoms with Crippen LogP contribution in [0.5, 0.6) is 0 Å². The summed E-state index contributed by atoms with van der Waals surface area (Å²) in [6.45, 7) is 20.8. The second-order valence-corrected chi connectivity index (χ2v) is 8.76. The number of hydrogen-bond donors (Lipinski definition) is 2. The standard InChI is InChI=1S/C22H30.C6H14N2.C2H6/c1-5-6-9-14-19(2)22(4,20-15-10-7-11-16-20)21(3)17-12-8-13-18-21;1-3-4-8-5-6(2)7;1-2/h7-8,10-17H,5-6,9,18H2,1-4H3;8H,2-5,7H2,1H3;1-2H3/b19-14+;;. The number of benzene rings is 1. The van der Waals surface area contributed by atoms with E-state index in [4.69, 9.17) is 5.73 Å². The van der Waals surface area contributed by atoms with Gasteiger partial charge in [-0.1, -0.05) is 127 Å². The highest BCUT2D eigenvalue weighted by Gasteiger charge is 2.44. The van der Waals surface area contributed by atoms with E-state index in [-0.39, 0.29) is 10.8 Å². The van der Waals surface area contributed by atoms with Crippen LogP contribution in [0.25, 0.3) is 0 Å². The fraction of sp³-hybridized carbons (Fsp3) is 0.533. The minimum atomic E-state index is 0.0310. The molecular weight excluding hydrogens is 388 g/mol. The van der Waals surface area contributed by atoms with Crippen LogP contribution in [-0.2, 0) is 5.41 Å². The molecule has 2 unspecified atom stereocenters. The first kappa shape index (κ1) is 29.9. The van der Waals surface area contributed by atoms with Crippen molar-refractivity contribution in [2.24, 2.45) is 11.1 Å². The molecule has 0 aromatic heterocycles. The van der Waals surface area contributed by atoms with Crippen LogP contribution in [0.2, 0.25) is 0 Å². The molecule has 3 N–H and O–H groups in total. The topological polar surface area (TPSA) is 38.0 Å². The average molecular weight is 439 g/mol. The molecule has 2 rings (SSSR count). The summed E-state index contributed by atoms with van der Waals surface area (Å²) in [5, 5.41) is 3.11. The molecule has 1 aromatic rings. The maximum Gasteiger partial charge on any atom is 0.0345 e. The molecule has 0 fully saturated rings. The highest BCUT2D eigenvalue weighted by atomic mass is 14.9. The first-order valence-corrected chi connectivity index (χ1v) is 12.5. The van der Waals surface area contributed by atoms with Crippen LogP contribution >= 0.6 is 0 Å². The Morgan fingerprint density at radius 3 is 2.31 bits per heavy atom. The molecule has 0 amide bonds. The number of nitrogens with two attached hydrogens (primary N) is 1. The van der Waals surface area contributed by atoms with Crippen LogP contribution in [0.3, 0.4) is 0 Å². The predicted octanol–water partition coefficient (Wildman–Crippen LogP) is 8.09. The Morgan fingerprint density at radius 2 is 1.81 bits per heavy atom. The Morgan fingerprint density at radius 1 is 1.16 bits per heavy atom. The molecule has 0 bridgehead atoms. The van der Waals surface area contributed by atoms with Gasteiger partial charge in [-0.25, -0.2) is 0 Å². The highest BCUT2D eigenvalue weighted by Crippen LogP contribution is 2.51. The smallest absolute Gasteiger partial charge is 0.0345 e. The number of nitrogens with one attached hydrogen (secondary N) is 1. The quantitative estimate of drug-likeness (QED) is 0.286. The van der Waals surface area contributed by atoms with Gasteiger partial charge >= 0.3 is 0 Å². The Balaban J connectivity index is 0.000000814. The fourth-order valence-electron chi connectivity index (χ4n) is 4.03. The van der Waals surface area contributed by atoms with E-state index in [1.807, 2.05) is 13.8 Å². The molecule has 0 heterocycles. The van der Waals surface area contributed by atoms with E-state index in [1.165, 1.54) is 30.4 Å². The van der Waals surface area contributed by atoms with Gasteiger partial charge in [-0.3, -0.25) is 0 Å². The van der Waals surface area contributed by atoms with Crippen LogP contribution in [0.15, 0.2) is 78.6 Å². The number of rotatable bonds is 10. The summed E-state index contributed by atoms with van der Waals surface area (Å²) in [5.74, 6) is 0. The highest BCUT2D eigenvalue weighted by molar-refractivity contribution is 5.41. The average Bonchev–Trinajstić information content (AvgIpc) is 2.81. The van der Waals surface area contributed by atoms with Crippen LogP contribution < -0.4 is 11.1 Å². The summed E-state index contributed by atoms with van der Waals surface area (Å²) >= 11 is 0. The first-order valence-electron chi connectivity index (χ1n) is 12.5. The second-order valence-electron chi connectivity index (χ2n) is 8.76. The van der Waals surface area contributed by atoms with Crippen LogP contribution in [0.1, 0.15) is 86.1 Å². The lowest BCUT2D eigenvalue weighted by atomic mass is 9.56. The normalized spacial score (nSPS) is 19.2. The Bertz CT molecular complexity index is 714. The summed E-state index contributed by atoms with van der Waals surface area (Å²) < 4.78 is 0. The zero-order valence-corrected chi connectivity index (χ0v) is 22.0. The lowest BCUT2D eigenvalue weighted by molar-refractivity contribution is 0.258. The van der Waals surface area contributed by atoms with Crippen LogP contribution in [-0.4, -0.2) is 13.1 Å². The van der Waals surface area contributed by atoms with Crippen LogP contribution in [0.4, 0.5) is 0 Å². The zero-order valence-electron chi connectivity index (χ0n) is 22.0. The third-order valence-electron chi connectivity index (χ3n) is 6.32. The largest absolute Gasteiger partial charge is 0.401 e. The van der Waals surface area contributed by atoms with Gasteiger partial charge in [0.25, 0.3) is 0 Å². The molecule has 0 saturated heterocycles. The molecule has 2 atom stereocenters. The van der Waals surface area contributed by atoms with E-state index in [0.717, 1.165) is 25.9 Å². The van der Waals surface area contributed by atoms with Crippen molar-refractivity contribution in [3.8, 4) is 0 Å². The van der Waals surface area contributed by atoms with E-state index >= 15 is 0 Å². The molecule has 0 aliphatic heterocycles. The van der Waals surface area contributed by atoms with Crippen molar-refractivity contribution in [1.29, 1.82) is 0 Å². The van der Waals surface area contributed by atoms with Gasteiger partial charge in [0.15, 0.2) is 0 Å². The molecule has 0 saturated carbocycles. The molecule has 1 aliphatic carbocycles. The molecule has 32 heavy (non-hydrogen) atoms. The third kappa shape index (κ3) is 9.20. The Hall–Kier alpha value is -2.06. The molecule has 0 radical (unpaired) electrons. The van der Waals surface area contributed by atoms with E-state index in [2.05, 4.69) is 107 Å². The molecule has 180 valence electrons. The monoisotopic (exact) mass is 438 g/mol. The Labute approximate surface area is 199 Å². The maximum absolute atomic E-state index is 5.28. The molecule has 1 aliphatic rings. The molecule has 2 nitrogen and oxygen atoms in total. The molecule has 2 heteroatoms. The van der Waals surface area contributed by atoms with Crippen molar-refractivity contribution in [3.63, 3.8) is 0 Å². The number of allylic oxidation sites excluding steroid dienone is 6. The van der Waals surface area contributed by atoms with Crippen molar-refractivity contribution < 1.29 is 0 Å². The summed E-state index contributed by atoms with van der Waals surface area (Å²) in [4.78, 5) is 0. The van der Waals surface area contributed by atoms with Crippen molar-refractivity contribution in [2.45, 2.75) is 86.0 Å². The SMILES string of the molecule is C=C(N)CNCCC.CC.CCCC/C=C(\C)C(C)(c1ccccc1)C1(C)C=CC=CC1. The minimum Gasteiger partial charge on any atom is -0.401 e. The van der Waals surface area contributed by atoms with Gasteiger partial charge < -0.3 is 11.1 Å².